The zero-order valence-corrected chi connectivity index (χ0v) is 18.0. The summed E-state index contributed by atoms with van der Waals surface area (Å²) in [5, 5.41) is 3.50. The molecule has 2 aromatic rings. The molecule has 1 aliphatic heterocycles. The van der Waals surface area contributed by atoms with E-state index in [0.29, 0.717) is 17.8 Å². The average molecular weight is 460 g/mol. The van der Waals surface area contributed by atoms with Gasteiger partial charge in [0.15, 0.2) is 0 Å². The highest BCUT2D eigenvalue weighted by Gasteiger charge is 2.24. The molecular formula is C17H22BrN3O3S2. The molecule has 142 valence electrons. The van der Waals surface area contributed by atoms with Gasteiger partial charge in [-0.2, -0.15) is 0 Å². The average Bonchev–Trinajstić information content (AvgIpc) is 3.01. The number of ether oxygens (including phenoxy) is 1. The molecule has 0 saturated carbocycles. The molecule has 0 bridgehead atoms. The van der Waals surface area contributed by atoms with Gasteiger partial charge in [0, 0.05) is 25.2 Å². The summed E-state index contributed by atoms with van der Waals surface area (Å²) >= 11 is 4.48. The summed E-state index contributed by atoms with van der Waals surface area (Å²) in [6.45, 7) is 5.93. The number of thiophene rings is 1. The molecule has 3 rings (SSSR count). The van der Waals surface area contributed by atoms with Gasteiger partial charge in [-0.25, -0.2) is 8.42 Å². The molecule has 0 amide bonds. The minimum atomic E-state index is -3.61. The van der Waals surface area contributed by atoms with E-state index in [2.05, 4.69) is 44.7 Å². The van der Waals surface area contributed by atoms with Gasteiger partial charge in [-0.3, -0.25) is 4.72 Å². The van der Waals surface area contributed by atoms with Crippen molar-refractivity contribution in [1.29, 1.82) is 0 Å². The summed E-state index contributed by atoms with van der Waals surface area (Å²) in [4.78, 5) is 2.23. The summed E-state index contributed by atoms with van der Waals surface area (Å²) in [6.07, 6.45) is 0. The summed E-state index contributed by atoms with van der Waals surface area (Å²) in [6, 6.07) is 9.35. The third-order valence-corrected chi connectivity index (χ3v) is 7.64. The van der Waals surface area contributed by atoms with E-state index in [1.54, 1.807) is 31.4 Å². The van der Waals surface area contributed by atoms with Crippen LogP contribution in [0.1, 0.15) is 13.8 Å². The summed E-state index contributed by atoms with van der Waals surface area (Å²) in [5.41, 5.74) is 1.41. The van der Waals surface area contributed by atoms with E-state index >= 15 is 0 Å². The molecule has 0 aliphatic carbocycles. The van der Waals surface area contributed by atoms with Crippen LogP contribution in [0.5, 0.6) is 5.75 Å². The van der Waals surface area contributed by atoms with Crippen LogP contribution in [0, 0.1) is 0 Å². The largest absolute Gasteiger partial charge is 0.495 e. The number of hydrogen-bond donors (Lipinski definition) is 2. The van der Waals surface area contributed by atoms with Gasteiger partial charge >= 0.3 is 0 Å². The maximum atomic E-state index is 12.6. The lowest BCUT2D eigenvalue weighted by atomic mass is 10.1. The predicted molar refractivity (Wildman–Crippen MR) is 110 cm³/mol. The zero-order valence-electron chi connectivity index (χ0n) is 14.8. The number of rotatable bonds is 5. The fraction of sp³-hybridized carbons (Fsp3) is 0.412. The van der Waals surface area contributed by atoms with Crippen molar-refractivity contribution < 1.29 is 13.2 Å². The van der Waals surface area contributed by atoms with Crippen molar-refractivity contribution in [2.75, 3.05) is 29.8 Å². The van der Waals surface area contributed by atoms with Crippen molar-refractivity contribution in [2.45, 2.75) is 30.1 Å². The number of halogens is 1. The number of nitrogens with zero attached hydrogens (tertiary/aromatic N) is 1. The minimum Gasteiger partial charge on any atom is -0.495 e. The molecule has 2 atom stereocenters. The molecule has 2 heterocycles. The molecular weight excluding hydrogens is 438 g/mol. The lowest BCUT2D eigenvalue weighted by Gasteiger charge is -2.38. The smallest absolute Gasteiger partial charge is 0.271 e. The normalized spacial score (nSPS) is 20.8. The molecule has 6 nitrogen and oxygen atoms in total. The van der Waals surface area contributed by atoms with Gasteiger partial charge in [0.1, 0.15) is 9.96 Å². The molecule has 0 radical (unpaired) electrons. The minimum absolute atomic E-state index is 0.270. The third kappa shape index (κ3) is 4.33. The second-order valence-corrected chi connectivity index (χ2v) is 10.8. The van der Waals surface area contributed by atoms with Crippen LogP contribution in [0.25, 0.3) is 0 Å². The molecule has 1 aromatic heterocycles. The number of piperazine rings is 1. The number of anilines is 2. The van der Waals surface area contributed by atoms with Crippen LogP contribution < -0.4 is 19.7 Å². The first-order valence-corrected chi connectivity index (χ1v) is 11.3. The molecule has 2 N–H and O–H groups in total. The number of methoxy groups -OCH3 is 1. The Hall–Kier alpha value is -1.29. The molecule has 9 heteroatoms. The lowest BCUT2D eigenvalue weighted by molar-refractivity contribution is 0.391. The first-order chi connectivity index (χ1) is 12.3. The topological polar surface area (TPSA) is 70.7 Å². The van der Waals surface area contributed by atoms with Crippen molar-refractivity contribution >= 4 is 48.7 Å². The van der Waals surface area contributed by atoms with E-state index in [1.165, 1.54) is 11.3 Å². The molecule has 1 aliphatic rings. The van der Waals surface area contributed by atoms with Gasteiger partial charge in [-0.05, 0) is 60.1 Å². The third-order valence-electron chi connectivity index (χ3n) is 4.14. The maximum absolute atomic E-state index is 12.6. The van der Waals surface area contributed by atoms with Gasteiger partial charge in [0.2, 0.25) is 0 Å². The highest BCUT2D eigenvalue weighted by molar-refractivity contribution is 9.11. The molecule has 26 heavy (non-hydrogen) atoms. The fourth-order valence-corrected chi connectivity index (χ4v) is 6.23. The number of sulfonamides is 1. The first kappa shape index (κ1) is 19.5. The van der Waals surface area contributed by atoms with E-state index in [4.69, 9.17) is 4.74 Å². The van der Waals surface area contributed by atoms with Crippen molar-refractivity contribution in [3.8, 4) is 5.75 Å². The summed E-state index contributed by atoms with van der Waals surface area (Å²) in [5.74, 6) is 0.730. The van der Waals surface area contributed by atoms with Crippen LogP contribution in [0.4, 0.5) is 11.4 Å². The van der Waals surface area contributed by atoms with E-state index in [0.717, 1.165) is 28.3 Å². The quantitative estimate of drug-likeness (QED) is 0.715. The summed E-state index contributed by atoms with van der Waals surface area (Å²) in [7, 11) is -1.99. The van der Waals surface area contributed by atoms with Gasteiger partial charge in [-0.15, -0.1) is 11.3 Å². The predicted octanol–water partition coefficient (Wildman–Crippen LogP) is 3.51. The van der Waals surface area contributed by atoms with Gasteiger partial charge in [0.25, 0.3) is 10.0 Å². The Morgan fingerprint density at radius 1 is 1.23 bits per heavy atom. The van der Waals surface area contributed by atoms with Crippen LogP contribution in [-0.2, 0) is 10.0 Å². The Morgan fingerprint density at radius 2 is 1.92 bits per heavy atom. The number of hydrogen-bond acceptors (Lipinski definition) is 6. The highest BCUT2D eigenvalue weighted by Crippen LogP contribution is 2.34. The Bertz CT molecular complexity index is 875. The molecule has 0 spiro atoms. The number of nitrogens with one attached hydrogen (secondary N) is 2. The standard InChI is InChI=1S/C17H22BrN3O3S2/c1-11-9-21(10-12(2)19-11)14-8-13(4-5-15(14)24-3)20-26(22,23)17-7-6-16(18)25-17/h4-8,11-12,19-20H,9-10H2,1-3H3. The van der Waals surface area contributed by atoms with Crippen LogP contribution in [-0.4, -0.2) is 40.7 Å². The van der Waals surface area contributed by atoms with E-state index in [1.807, 2.05) is 6.07 Å². The van der Waals surface area contributed by atoms with Crippen LogP contribution in [0.15, 0.2) is 38.3 Å². The van der Waals surface area contributed by atoms with Crippen molar-refractivity contribution in [3.63, 3.8) is 0 Å². The van der Waals surface area contributed by atoms with Crippen molar-refractivity contribution in [1.82, 2.24) is 5.32 Å². The van der Waals surface area contributed by atoms with Gasteiger partial charge < -0.3 is 15.0 Å². The first-order valence-electron chi connectivity index (χ1n) is 8.25. The van der Waals surface area contributed by atoms with Crippen LogP contribution in [0.3, 0.4) is 0 Å². The Labute approximate surface area is 166 Å². The van der Waals surface area contributed by atoms with E-state index < -0.39 is 10.0 Å². The Kier molecular flexibility index (Phi) is 5.81. The Morgan fingerprint density at radius 3 is 2.50 bits per heavy atom. The van der Waals surface area contributed by atoms with E-state index in [9.17, 15) is 8.42 Å². The second kappa shape index (κ2) is 7.75. The van der Waals surface area contributed by atoms with Crippen LogP contribution in [0.2, 0.25) is 0 Å². The molecule has 1 fully saturated rings. The van der Waals surface area contributed by atoms with Crippen LogP contribution >= 0.6 is 27.3 Å². The zero-order chi connectivity index (χ0) is 18.9. The highest BCUT2D eigenvalue weighted by atomic mass is 79.9. The summed E-state index contributed by atoms with van der Waals surface area (Å²) < 4.78 is 34.4. The van der Waals surface area contributed by atoms with Crippen molar-refractivity contribution in [2.24, 2.45) is 0 Å². The number of benzene rings is 1. The SMILES string of the molecule is COc1ccc(NS(=O)(=O)c2ccc(Br)s2)cc1N1CC(C)NC(C)C1. The lowest BCUT2D eigenvalue weighted by Crippen LogP contribution is -2.54. The van der Waals surface area contributed by atoms with E-state index in [-0.39, 0.29) is 4.21 Å². The molecule has 1 aromatic carbocycles. The fourth-order valence-electron chi connectivity index (χ4n) is 3.17. The molecule has 2 unspecified atom stereocenters. The van der Waals surface area contributed by atoms with Gasteiger partial charge in [0.05, 0.1) is 22.3 Å². The van der Waals surface area contributed by atoms with Gasteiger partial charge in [-0.1, -0.05) is 0 Å². The van der Waals surface area contributed by atoms with Crippen molar-refractivity contribution in [3.05, 3.63) is 34.1 Å². The second-order valence-electron chi connectivity index (χ2n) is 6.42. The monoisotopic (exact) mass is 459 g/mol. The maximum Gasteiger partial charge on any atom is 0.271 e. The Balaban J connectivity index is 1.90. The molecule has 1 saturated heterocycles.